The molecule has 2 heteroatoms. The number of hydrogen-bond acceptors (Lipinski definition) is 1. The fourth-order valence-corrected chi connectivity index (χ4v) is 0.965. The van der Waals surface area contributed by atoms with Crippen LogP contribution in [-0.4, -0.2) is 5.11 Å². The van der Waals surface area contributed by atoms with E-state index in [9.17, 15) is 0 Å². The first-order chi connectivity index (χ1) is 4.70. The quantitative estimate of drug-likeness (QED) is 0.662. The summed E-state index contributed by atoms with van der Waals surface area (Å²) in [5.41, 5.74) is 0.854. The minimum absolute atomic E-state index is 0.432. The third-order valence-electron chi connectivity index (χ3n) is 1.33. The molecule has 1 aromatic rings. The average molecular weight is 157 g/mol. The van der Waals surface area contributed by atoms with E-state index in [1.165, 1.54) is 0 Å². The van der Waals surface area contributed by atoms with Gasteiger partial charge in [-0.05, 0) is 24.6 Å². The van der Waals surface area contributed by atoms with Crippen LogP contribution in [0.2, 0.25) is 5.02 Å². The lowest BCUT2D eigenvalue weighted by atomic mass is 10.1. The number of hydrogen-bond donors (Lipinski definition) is 1. The van der Waals surface area contributed by atoms with Crippen molar-refractivity contribution in [3.8, 4) is 0 Å². The molecule has 54 valence electrons. The second-order valence-corrected chi connectivity index (χ2v) is 2.67. The van der Waals surface area contributed by atoms with E-state index in [1.54, 1.807) is 19.1 Å². The summed E-state index contributed by atoms with van der Waals surface area (Å²) < 4.78 is 0. The Morgan fingerprint density at radius 3 is 2.60 bits per heavy atom. The summed E-state index contributed by atoms with van der Waals surface area (Å²) in [4.78, 5) is 0. The molecule has 1 nitrogen and oxygen atoms in total. The molecule has 0 aliphatic heterocycles. The molecular formula is C8H9ClO. The van der Waals surface area contributed by atoms with E-state index in [-0.39, 0.29) is 0 Å². The number of halogens is 1. The molecule has 1 atom stereocenters. The summed E-state index contributed by atoms with van der Waals surface area (Å²) in [6.07, 6.45) is -0.432. The second-order valence-electron chi connectivity index (χ2n) is 2.23. The molecule has 0 aliphatic rings. The minimum atomic E-state index is -0.432. The topological polar surface area (TPSA) is 20.2 Å². The molecule has 1 rings (SSSR count). The highest BCUT2D eigenvalue weighted by atomic mass is 35.5. The summed E-state index contributed by atoms with van der Waals surface area (Å²) in [7, 11) is 0. The highest BCUT2D eigenvalue weighted by Gasteiger charge is 1.98. The van der Waals surface area contributed by atoms with E-state index >= 15 is 0 Å². The van der Waals surface area contributed by atoms with Crippen molar-refractivity contribution in [1.29, 1.82) is 0 Å². The van der Waals surface area contributed by atoms with Crippen molar-refractivity contribution in [3.63, 3.8) is 0 Å². The van der Waals surface area contributed by atoms with Crippen LogP contribution in [0, 0.1) is 0 Å². The largest absolute Gasteiger partial charge is 0.389 e. The molecule has 0 spiro atoms. The van der Waals surface area contributed by atoms with Gasteiger partial charge in [0, 0.05) is 5.02 Å². The fraction of sp³-hybridized carbons (Fsp3) is 0.250. The lowest BCUT2D eigenvalue weighted by molar-refractivity contribution is 0.199. The molecule has 1 N–H and O–H groups in total. The van der Waals surface area contributed by atoms with Gasteiger partial charge < -0.3 is 5.11 Å². The van der Waals surface area contributed by atoms with Crippen molar-refractivity contribution in [1.82, 2.24) is 0 Å². The number of rotatable bonds is 1. The van der Waals surface area contributed by atoms with Gasteiger partial charge in [0.15, 0.2) is 0 Å². The summed E-state index contributed by atoms with van der Waals surface area (Å²) in [6, 6.07) is 7.21. The van der Waals surface area contributed by atoms with Gasteiger partial charge in [-0.2, -0.15) is 0 Å². The van der Waals surface area contributed by atoms with Gasteiger partial charge in [0.05, 0.1) is 6.10 Å². The Morgan fingerprint density at radius 1 is 1.50 bits per heavy atom. The highest BCUT2D eigenvalue weighted by molar-refractivity contribution is 6.30. The third kappa shape index (κ3) is 1.72. The first-order valence-electron chi connectivity index (χ1n) is 3.13. The van der Waals surface area contributed by atoms with E-state index in [4.69, 9.17) is 16.7 Å². The van der Waals surface area contributed by atoms with Gasteiger partial charge in [-0.15, -0.1) is 0 Å². The van der Waals surface area contributed by atoms with E-state index < -0.39 is 6.10 Å². The van der Waals surface area contributed by atoms with Crippen LogP contribution in [0.15, 0.2) is 24.3 Å². The summed E-state index contributed by atoms with van der Waals surface area (Å²) >= 11 is 5.68. The molecule has 0 heterocycles. The summed E-state index contributed by atoms with van der Waals surface area (Å²) in [6.45, 7) is 1.71. The molecule has 0 amide bonds. The lowest BCUT2D eigenvalue weighted by Crippen LogP contribution is -1.88. The van der Waals surface area contributed by atoms with E-state index in [0.717, 1.165) is 5.56 Å². The van der Waals surface area contributed by atoms with Gasteiger partial charge in [0.2, 0.25) is 0 Å². The zero-order valence-corrected chi connectivity index (χ0v) is 6.47. The van der Waals surface area contributed by atoms with Gasteiger partial charge in [-0.1, -0.05) is 23.7 Å². The predicted molar refractivity (Wildman–Crippen MR) is 42.1 cm³/mol. The zero-order chi connectivity index (χ0) is 7.56. The van der Waals surface area contributed by atoms with Crippen LogP contribution in [0.4, 0.5) is 0 Å². The molecule has 1 aromatic carbocycles. The average Bonchev–Trinajstić information content (AvgIpc) is 1.88. The van der Waals surface area contributed by atoms with Crippen molar-refractivity contribution in [3.05, 3.63) is 34.9 Å². The molecule has 0 aliphatic carbocycles. The van der Waals surface area contributed by atoms with Gasteiger partial charge >= 0.3 is 0 Å². The van der Waals surface area contributed by atoms with Crippen LogP contribution in [0.3, 0.4) is 0 Å². The van der Waals surface area contributed by atoms with Crippen LogP contribution in [0.5, 0.6) is 0 Å². The van der Waals surface area contributed by atoms with Crippen molar-refractivity contribution >= 4 is 11.6 Å². The number of aliphatic hydroxyl groups is 1. The minimum Gasteiger partial charge on any atom is -0.389 e. The molecule has 0 saturated heterocycles. The predicted octanol–water partition coefficient (Wildman–Crippen LogP) is 2.39. The maximum absolute atomic E-state index is 9.09. The Kier molecular flexibility index (Phi) is 2.30. The molecule has 0 unspecified atom stereocenters. The van der Waals surface area contributed by atoms with Crippen LogP contribution in [-0.2, 0) is 0 Å². The Balaban J connectivity index is 2.96. The Hall–Kier alpha value is -0.530. The van der Waals surface area contributed by atoms with Crippen molar-refractivity contribution in [2.24, 2.45) is 0 Å². The van der Waals surface area contributed by atoms with E-state index in [1.807, 2.05) is 12.1 Å². The van der Waals surface area contributed by atoms with Crippen molar-refractivity contribution < 1.29 is 5.11 Å². The maximum Gasteiger partial charge on any atom is 0.0762 e. The zero-order valence-electron chi connectivity index (χ0n) is 5.71. The van der Waals surface area contributed by atoms with E-state index in [0.29, 0.717) is 5.02 Å². The standard InChI is InChI=1S/C8H9ClO/c1-6(10)7-3-2-4-8(9)5-7/h2-6,10H,1H3/t6-/m0/s1. The monoisotopic (exact) mass is 156 g/mol. The lowest BCUT2D eigenvalue weighted by Gasteiger charge is -2.02. The molecule has 0 fully saturated rings. The molecule has 0 aromatic heterocycles. The number of aliphatic hydroxyl groups excluding tert-OH is 1. The molecular weight excluding hydrogens is 148 g/mol. The molecule has 10 heavy (non-hydrogen) atoms. The Labute approximate surface area is 65.3 Å². The Morgan fingerprint density at radius 2 is 2.20 bits per heavy atom. The van der Waals surface area contributed by atoms with Crippen molar-refractivity contribution in [2.45, 2.75) is 13.0 Å². The normalized spacial score (nSPS) is 13.1. The highest BCUT2D eigenvalue weighted by Crippen LogP contribution is 2.16. The van der Waals surface area contributed by atoms with Crippen LogP contribution in [0.25, 0.3) is 0 Å². The van der Waals surface area contributed by atoms with Gasteiger partial charge in [-0.3, -0.25) is 0 Å². The fourth-order valence-electron chi connectivity index (χ4n) is 0.766. The van der Waals surface area contributed by atoms with Gasteiger partial charge in [0.25, 0.3) is 0 Å². The first kappa shape index (κ1) is 7.58. The van der Waals surface area contributed by atoms with Crippen LogP contribution in [0.1, 0.15) is 18.6 Å². The molecule has 0 saturated carbocycles. The van der Waals surface area contributed by atoms with Crippen molar-refractivity contribution in [2.75, 3.05) is 0 Å². The maximum atomic E-state index is 9.09. The third-order valence-corrected chi connectivity index (χ3v) is 1.57. The smallest absolute Gasteiger partial charge is 0.0762 e. The first-order valence-corrected chi connectivity index (χ1v) is 3.51. The summed E-state index contributed by atoms with van der Waals surface area (Å²) in [5.74, 6) is 0. The van der Waals surface area contributed by atoms with Gasteiger partial charge in [-0.25, -0.2) is 0 Å². The number of benzene rings is 1. The molecule has 0 radical (unpaired) electrons. The summed E-state index contributed by atoms with van der Waals surface area (Å²) in [5, 5.41) is 9.75. The Bertz CT molecular complexity index is 220. The molecule has 0 bridgehead atoms. The van der Waals surface area contributed by atoms with Gasteiger partial charge in [0.1, 0.15) is 0 Å². The second kappa shape index (κ2) is 3.04. The van der Waals surface area contributed by atoms with E-state index in [2.05, 4.69) is 0 Å². The van der Waals surface area contributed by atoms with Crippen LogP contribution < -0.4 is 0 Å². The SMILES string of the molecule is C[C@H](O)c1cccc(Cl)c1. The van der Waals surface area contributed by atoms with Crippen LogP contribution >= 0.6 is 11.6 Å².